The molecule has 2 unspecified atom stereocenters. The minimum Gasteiger partial charge on any atom is -0.494 e. The Kier molecular flexibility index (Phi) is 5.70. The molecule has 1 heterocycles. The zero-order valence-corrected chi connectivity index (χ0v) is 15.1. The fourth-order valence-electron chi connectivity index (χ4n) is 2.63. The normalized spacial score (nSPS) is 16.9. The third kappa shape index (κ3) is 4.82. The first-order chi connectivity index (χ1) is 13.0. The van der Waals surface area contributed by atoms with E-state index >= 15 is 0 Å². The summed E-state index contributed by atoms with van der Waals surface area (Å²) < 4.78 is 39.6. The van der Waals surface area contributed by atoms with Crippen LogP contribution in [-0.2, 0) is 10.0 Å². The number of fused-ring (bicyclic) bond motifs is 1. The number of primary sulfonamides is 1. The molecule has 1 aliphatic heterocycles. The van der Waals surface area contributed by atoms with Crippen molar-refractivity contribution >= 4 is 10.0 Å². The summed E-state index contributed by atoms with van der Waals surface area (Å²) in [6.07, 6.45) is -0.0267. The van der Waals surface area contributed by atoms with Gasteiger partial charge in [0.2, 0.25) is 10.0 Å². The minimum absolute atomic E-state index is 0.00762. The van der Waals surface area contributed by atoms with E-state index in [4.69, 9.17) is 24.9 Å². The van der Waals surface area contributed by atoms with Gasteiger partial charge in [-0.25, -0.2) is 13.6 Å². The summed E-state index contributed by atoms with van der Waals surface area (Å²) in [7, 11) is -3.74. The van der Waals surface area contributed by atoms with Crippen molar-refractivity contribution in [3.05, 3.63) is 59.0 Å². The Labute approximate surface area is 156 Å². The van der Waals surface area contributed by atoms with Gasteiger partial charge in [0.25, 0.3) is 0 Å². The van der Waals surface area contributed by atoms with Gasteiger partial charge in [0, 0.05) is 4.91 Å². The predicted molar refractivity (Wildman–Crippen MR) is 97.2 cm³/mol. The van der Waals surface area contributed by atoms with Gasteiger partial charge in [-0.2, -0.15) is 0 Å². The molecule has 0 spiro atoms. The van der Waals surface area contributed by atoms with Crippen LogP contribution in [-0.4, -0.2) is 33.8 Å². The van der Waals surface area contributed by atoms with Gasteiger partial charge >= 0.3 is 0 Å². The second-order valence-electron chi connectivity index (χ2n) is 5.84. The average Bonchev–Trinajstić information content (AvgIpc) is 2.66. The number of hydrogen-bond donors (Lipinski definition) is 1. The quantitative estimate of drug-likeness (QED) is 0.440. The van der Waals surface area contributed by atoms with Crippen LogP contribution in [0.5, 0.6) is 17.2 Å². The van der Waals surface area contributed by atoms with Gasteiger partial charge in [-0.3, -0.25) is 0 Å². The van der Waals surface area contributed by atoms with Crippen LogP contribution in [0, 0.1) is 0 Å². The molecule has 0 amide bonds. The number of benzene rings is 2. The molecule has 9 nitrogen and oxygen atoms in total. The van der Waals surface area contributed by atoms with Gasteiger partial charge in [-0.1, -0.05) is 17.2 Å². The van der Waals surface area contributed by atoms with Crippen LogP contribution < -0.4 is 19.3 Å². The number of hydrogen-bond acceptors (Lipinski definition) is 6. The molecule has 0 fully saturated rings. The van der Waals surface area contributed by atoms with Crippen LogP contribution in [0.4, 0.5) is 0 Å². The first kappa shape index (κ1) is 18.8. The van der Waals surface area contributed by atoms with Gasteiger partial charge in [0.05, 0.1) is 17.5 Å². The van der Waals surface area contributed by atoms with Crippen molar-refractivity contribution in [1.29, 1.82) is 0 Å². The summed E-state index contributed by atoms with van der Waals surface area (Å²) in [6.45, 7) is 0.518. The summed E-state index contributed by atoms with van der Waals surface area (Å²) in [5.41, 5.74) is 8.84. The van der Waals surface area contributed by atoms with Crippen molar-refractivity contribution in [2.45, 2.75) is 23.5 Å². The minimum atomic E-state index is -3.74. The van der Waals surface area contributed by atoms with Gasteiger partial charge in [0.1, 0.15) is 18.5 Å². The van der Waals surface area contributed by atoms with Crippen LogP contribution in [0.3, 0.4) is 0 Å². The Morgan fingerprint density at radius 3 is 2.59 bits per heavy atom. The molecule has 1 aliphatic rings. The molecular weight excluding hydrogens is 372 g/mol. The van der Waals surface area contributed by atoms with E-state index in [9.17, 15) is 8.42 Å². The second kappa shape index (κ2) is 8.17. The Morgan fingerprint density at radius 2 is 1.93 bits per heavy atom. The van der Waals surface area contributed by atoms with Gasteiger partial charge in [-0.05, 0) is 48.4 Å². The molecule has 2 aromatic carbocycles. The largest absolute Gasteiger partial charge is 0.494 e. The molecule has 3 rings (SSSR count). The third-order valence-corrected chi connectivity index (χ3v) is 4.92. The second-order valence-corrected chi connectivity index (χ2v) is 7.40. The number of para-hydroxylation sites is 2. The molecular formula is C17H18N4O5S. The van der Waals surface area contributed by atoms with E-state index in [1.165, 1.54) is 24.3 Å². The topological polar surface area (TPSA) is 137 Å². The van der Waals surface area contributed by atoms with E-state index in [1.54, 1.807) is 6.07 Å². The van der Waals surface area contributed by atoms with Gasteiger partial charge in [-0.15, -0.1) is 0 Å². The molecule has 0 aromatic heterocycles. The molecule has 0 saturated heterocycles. The maximum Gasteiger partial charge on any atom is 0.238 e. The van der Waals surface area contributed by atoms with E-state index < -0.39 is 22.2 Å². The first-order valence-electron chi connectivity index (χ1n) is 8.16. The van der Waals surface area contributed by atoms with Crippen molar-refractivity contribution in [2.75, 3.05) is 13.2 Å². The maximum atomic E-state index is 11.2. The molecule has 0 aliphatic carbocycles. The maximum absolute atomic E-state index is 11.2. The average molecular weight is 390 g/mol. The molecule has 0 saturated carbocycles. The Bertz CT molecular complexity index is 942. The van der Waals surface area contributed by atoms with Crippen molar-refractivity contribution < 1.29 is 22.6 Å². The standard InChI is InChI=1S/C17H18N4O5S/c18-21-20-14(17-11-25-15-3-1-2-4-16(15)26-17)9-10-24-12-5-7-13(8-6-12)27(19,22)23/h1-8,14,17H,9-11H2,(H2,19,22,23). The van der Waals surface area contributed by atoms with Crippen molar-refractivity contribution in [3.8, 4) is 17.2 Å². The van der Waals surface area contributed by atoms with Crippen molar-refractivity contribution in [1.82, 2.24) is 0 Å². The predicted octanol–water partition coefficient (Wildman–Crippen LogP) is 2.62. The highest BCUT2D eigenvalue weighted by molar-refractivity contribution is 7.89. The van der Waals surface area contributed by atoms with E-state index in [-0.39, 0.29) is 18.1 Å². The molecule has 2 aromatic rings. The summed E-state index contributed by atoms with van der Waals surface area (Å²) >= 11 is 0. The number of ether oxygens (including phenoxy) is 3. The highest BCUT2D eigenvalue weighted by Crippen LogP contribution is 2.32. The lowest BCUT2D eigenvalue weighted by molar-refractivity contribution is 0.0663. The monoisotopic (exact) mass is 390 g/mol. The molecule has 0 radical (unpaired) electrons. The summed E-state index contributed by atoms with van der Waals surface area (Å²) in [4.78, 5) is 2.89. The Hall–Kier alpha value is -2.94. The fourth-order valence-corrected chi connectivity index (χ4v) is 3.15. The molecule has 27 heavy (non-hydrogen) atoms. The van der Waals surface area contributed by atoms with Crippen LogP contribution >= 0.6 is 0 Å². The Balaban J connectivity index is 1.58. The lowest BCUT2D eigenvalue weighted by Crippen LogP contribution is -2.39. The lowest BCUT2D eigenvalue weighted by atomic mass is 10.1. The van der Waals surface area contributed by atoms with E-state index in [0.717, 1.165) is 0 Å². The van der Waals surface area contributed by atoms with E-state index in [0.29, 0.717) is 23.7 Å². The fraction of sp³-hybridized carbons (Fsp3) is 0.294. The zero-order valence-electron chi connectivity index (χ0n) is 14.3. The smallest absolute Gasteiger partial charge is 0.238 e. The molecule has 10 heteroatoms. The van der Waals surface area contributed by atoms with E-state index in [2.05, 4.69) is 10.0 Å². The van der Waals surface area contributed by atoms with Crippen LogP contribution in [0.15, 0.2) is 58.5 Å². The molecule has 2 atom stereocenters. The summed E-state index contributed by atoms with van der Waals surface area (Å²) in [5, 5.41) is 8.85. The summed E-state index contributed by atoms with van der Waals surface area (Å²) in [5.74, 6) is 1.74. The molecule has 142 valence electrons. The van der Waals surface area contributed by atoms with Crippen molar-refractivity contribution in [2.24, 2.45) is 10.3 Å². The van der Waals surface area contributed by atoms with Gasteiger partial charge < -0.3 is 14.2 Å². The Morgan fingerprint density at radius 1 is 1.22 bits per heavy atom. The van der Waals surface area contributed by atoms with Crippen molar-refractivity contribution in [3.63, 3.8) is 0 Å². The summed E-state index contributed by atoms with van der Waals surface area (Å²) in [6, 6.07) is 12.6. The number of nitrogens with zero attached hydrogens (tertiary/aromatic N) is 3. The van der Waals surface area contributed by atoms with E-state index in [1.807, 2.05) is 18.2 Å². The lowest BCUT2D eigenvalue weighted by Gasteiger charge is -2.30. The number of rotatable bonds is 7. The highest BCUT2D eigenvalue weighted by Gasteiger charge is 2.28. The van der Waals surface area contributed by atoms with Gasteiger partial charge in [0.15, 0.2) is 11.5 Å². The SMILES string of the molecule is [N-]=[N+]=NC(CCOc1ccc(S(N)(=O)=O)cc1)C1COc2ccccc2O1. The number of sulfonamides is 1. The van der Waals surface area contributed by atoms with Crippen LogP contribution in [0.1, 0.15) is 6.42 Å². The zero-order chi connectivity index (χ0) is 19.3. The van der Waals surface area contributed by atoms with Crippen LogP contribution in [0.25, 0.3) is 10.4 Å². The number of azide groups is 1. The first-order valence-corrected chi connectivity index (χ1v) is 9.70. The molecule has 2 N–H and O–H groups in total. The van der Waals surface area contributed by atoms with Crippen LogP contribution in [0.2, 0.25) is 0 Å². The third-order valence-electron chi connectivity index (χ3n) is 3.99. The molecule has 0 bridgehead atoms. The highest BCUT2D eigenvalue weighted by atomic mass is 32.2. The number of nitrogens with two attached hydrogens (primary N) is 1.